The molecular formula is C10H15N3O2. The number of nitrogens with one attached hydrogen (secondary N) is 2. The van der Waals surface area contributed by atoms with Crippen LogP contribution in [0.5, 0.6) is 0 Å². The van der Waals surface area contributed by atoms with Crippen molar-refractivity contribution in [3.05, 3.63) is 24.0 Å². The SMILES string of the molecule is CN(C(=O)c1ccc[nH]1)C1CNCC1O. The van der Waals surface area contributed by atoms with Gasteiger partial charge in [0.15, 0.2) is 0 Å². The van der Waals surface area contributed by atoms with Crippen LogP contribution in [0.1, 0.15) is 10.5 Å². The van der Waals surface area contributed by atoms with Gasteiger partial charge < -0.3 is 20.3 Å². The molecule has 0 bridgehead atoms. The zero-order valence-corrected chi connectivity index (χ0v) is 8.60. The van der Waals surface area contributed by atoms with Gasteiger partial charge in [0, 0.05) is 26.3 Å². The highest BCUT2D eigenvalue weighted by atomic mass is 16.3. The number of rotatable bonds is 2. The number of amides is 1. The van der Waals surface area contributed by atoms with Gasteiger partial charge in [-0.15, -0.1) is 0 Å². The summed E-state index contributed by atoms with van der Waals surface area (Å²) in [5.41, 5.74) is 0.552. The molecule has 1 aliphatic heterocycles. The monoisotopic (exact) mass is 209 g/mol. The van der Waals surface area contributed by atoms with E-state index in [1.807, 2.05) is 0 Å². The number of aliphatic hydroxyl groups excluding tert-OH is 1. The van der Waals surface area contributed by atoms with Gasteiger partial charge in [0.25, 0.3) is 5.91 Å². The maximum Gasteiger partial charge on any atom is 0.270 e. The number of aromatic amines is 1. The molecule has 2 heterocycles. The molecule has 5 nitrogen and oxygen atoms in total. The Morgan fingerprint density at radius 1 is 1.60 bits per heavy atom. The van der Waals surface area contributed by atoms with Crippen LogP contribution in [-0.4, -0.2) is 53.2 Å². The zero-order chi connectivity index (χ0) is 10.8. The van der Waals surface area contributed by atoms with Gasteiger partial charge in [0.1, 0.15) is 5.69 Å². The second kappa shape index (κ2) is 4.04. The Hall–Kier alpha value is -1.33. The number of β-amino-alcohol motifs (C(OH)–C–C–N with tert-alkyl or cyclic N) is 1. The van der Waals surface area contributed by atoms with E-state index in [0.29, 0.717) is 18.8 Å². The zero-order valence-electron chi connectivity index (χ0n) is 8.60. The van der Waals surface area contributed by atoms with Crippen LogP contribution in [0.15, 0.2) is 18.3 Å². The van der Waals surface area contributed by atoms with Gasteiger partial charge in [0.05, 0.1) is 12.1 Å². The highest BCUT2D eigenvalue weighted by molar-refractivity contribution is 5.92. The largest absolute Gasteiger partial charge is 0.390 e. The first-order valence-electron chi connectivity index (χ1n) is 4.99. The van der Waals surface area contributed by atoms with Crippen LogP contribution in [0.4, 0.5) is 0 Å². The average Bonchev–Trinajstić information content (AvgIpc) is 2.85. The van der Waals surface area contributed by atoms with E-state index in [0.717, 1.165) is 0 Å². The summed E-state index contributed by atoms with van der Waals surface area (Å²) in [5, 5.41) is 12.7. The van der Waals surface area contributed by atoms with Gasteiger partial charge in [-0.3, -0.25) is 4.79 Å². The first kappa shape index (κ1) is 10.2. The molecule has 1 aliphatic rings. The molecule has 1 saturated heterocycles. The van der Waals surface area contributed by atoms with E-state index >= 15 is 0 Å². The molecule has 0 saturated carbocycles. The van der Waals surface area contributed by atoms with Crippen LogP contribution in [0.2, 0.25) is 0 Å². The van der Waals surface area contributed by atoms with E-state index in [2.05, 4.69) is 10.3 Å². The quantitative estimate of drug-likeness (QED) is 0.610. The Labute approximate surface area is 88.1 Å². The molecule has 15 heavy (non-hydrogen) atoms. The first-order valence-corrected chi connectivity index (χ1v) is 4.99. The van der Waals surface area contributed by atoms with Crippen molar-refractivity contribution in [3.8, 4) is 0 Å². The summed E-state index contributed by atoms with van der Waals surface area (Å²) in [6.07, 6.45) is 1.23. The van der Waals surface area contributed by atoms with Crippen LogP contribution in [0, 0.1) is 0 Å². The molecule has 0 radical (unpaired) electrons. The average molecular weight is 209 g/mol. The van der Waals surface area contributed by atoms with Gasteiger partial charge in [-0.1, -0.05) is 0 Å². The molecular weight excluding hydrogens is 194 g/mol. The minimum absolute atomic E-state index is 0.0900. The molecule has 3 N–H and O–H groups in total. The number of H-pyrrole nitrogens is 1. The fourth-order valence-electron chi connectivity index (χ4n) is 1.85. The summed E-state index contributed by atoms with van der Waals surface area (Å²) in [7, 11) is 1.71. The Bertz CT molecular complexity index is 336. The summed E-state index contributed by atoms with van der Waals surface area (Å²) < 4.78 is 0. The van der Waals surface area contributed by atoms with Gasteiger partial charge >= 0.3 is 0 Å². The third kappa shape index (κ3) is 1.88. The Morgan fingerprint density at radius 3 is 2.93 bits per heavy atom. The Kier molecular flexibility index (Phi) is 2.75. The van der Waals surface area contributed by atoms with Crippen molar-refractivity contribution in [1.82, 2.24) is 15.2 Å². The van der Waals surface area contributed by atoms with Gasteiger partial charge in [0.2, 0.25) is 0 Å². The molecule has 82 valence electrons. The normalized spacial score (nSPS) is 25.5. The van der Waals surface area contributed by atoms with Crippen molar-refractivity contribution >= 4 is 5.91 Å². The van der Waals surface area contributed by atoms with Crippen molar-refractivity contribution in [2.24, 2.45) is 0 Å². The number of hydrogen-bond acceptors (Lipinski definition) is 3. The summed E-state index contributed by atoms with van der Waals surface area (Å²) in [5.74, 6) is -0.0900. The van der Waals surface area contributed by atoms with Crippen molar-refractivity contribution in [1.29, 1.82) is 0 Å². The second-order valence-corrected chi connectivity index (χ2v) is 3.79. The number of aromatic nitrogens is 1. The lowest BCUT2D eigenvalue weighted by molar-refractivity contribution is 0.0576. The summed E-state index contributed by atoms with van der Waals surface area (Å²) in [4.78, 5) is 16.3. The van der Waals surface area contributed by atoms with E-state index in [9.17, 15) is 9.90 Å². The van der Waals surface area contributed by atoms with E-state index in [1.54, 1.807) is 30.3 Å². The van der Waals surface area contributed by atoms with Crippen LogP contribution >= 0.6 is 0 Å². The Morgan fingerprint density at radius 2 is 2.40 bits per heavy atom. The van der Waals surface area contributed by atoms with Crippen LogP contribution in [-0.2, 0) is 0 Å². The lowest BCUT2D eigenvalue weighted by Gasteiger charge is -2.25. The molecule has 0 aliphatic carbocycles. The van der Waals surface area contributed by atoms with Crippen LogP contribution in [0.25, 0.3) is 0 Å². The smallest absolute Gasteiger partial charge is 0.270 e. The molecule has 2 rings (SSSR count). The predicted molar refractivity (Wildman–Crippen MR) is 55.6 cm³/mol. The Balaban J connectivity index is 2.07. The summed E-state index contributed by atoms with van der Waals surface area (Å²) in [6, 6.07) is 3.37. The number of hydrogen-bond donors (Lipinski definition) is 3. The highest BCUT2D eigenvalue weighted by Crippen LogP contribution is 2.10. The molecule has 1 amide bonds. The van der Waals surface area contributed by atoms with Gasteiger partial charge in [-0.25, -0.2) is 0 Å². The van der Waals surface area contributed by atoms with Crippen molar-refractivity contribution in [2.45, 2.75) is 12.1 Å². The third-order valence-corrected chi connectivity index (χ3v) is 2.80. The van der Waals surface area contributed by atoms with Gasteiger partial charge in [-0.05, 0) is 12.1 Å². The van der Waals surface area contributed by atoms with E-state index in [1.165, 1.54) is 0 Å². The topological polar surface area (TPSA) is 68.4 Å². The molecule has 0 spiro atoms. The molecule has 5 heteroatoms. The molecule has 2 atom stereocenters. The molecule has 1 fully saturated rings. The second-order valence-electron chi connectivity index (χ2n) is 3.79. The van der Waals surface area contributed by atoms with Crippen molar-refractivity contribution in [3.63, 3.8) is 0 Å². The van der Waals surface area contributed by atoms with E-state index < -0.39 is 6.10 Å². The number of aliphatic hydroxyl groups is 1. The maximum absolute atomic E-state index is 11.9. The lowest BCUT2D eigenvalue weighted by atomic mass is 10.2. The van der Waals surface area contributed by atoms with E-state index in [-0.39, 0.29) is 11.9 Å². The number of nitrogens with zero attached hydrogens (tertiary/aromatic N) is 1. The molecule has 1 aromatic rings. The van der Waals surface area contributed by atoms with Crippen LogP contribution in [0.3, 0.4) is 0 Å². The number of likely N-dealkylation sites (N-methyl/N-ethyl adjacent to an activating group) is 1. The first-order chi connectivity index (χ1) is 7.20. The molecule has 1 aromatic heterocycles. The molecule has 0 aromatic carbocycles. The lowest BCUT2D eigenvalue weighted by Crippen LogP contribution is -2.44. The fraction of sp³-hybridized carbons (Fsp3) is 0.500. The predicted octanol–water partition coefficient (Wildman–Crippen LogP) is -0.581. The summed E-state index contributed by atoms with van der Waals surface area (Å²) in [6.45, 7) is 1.19. The van der Waals surface area contributed by atoms with Crippen LogP contribution < -0.4 is 5.32 Å². The third-order valence-electron chi connectivity index (χ3n) is 2.80. The van der Waals surface area contributed by atoms with Gasteiger partial charge in [-0.2, -0.15) is 0 Å². The standard InChI is InChI=1S/C10H15N3O2/c1-13(8-5-11-6-9(8)14)10(15)7-3-2-4-12-7/h2-4,8-9,11-12,14H,5-6H2,1H3. The number of carbonyl (C=O) groups is 1. The summed E-state index contributed by atoms with van der Waals surface area (Å²) >= 11 is 0. The maximum atomic E-state index is 11.9. The number of carbonyl (C=O) groups excluding carboxylic acids is 1. The van der Waals surface area contributed by atoms with Crippen molar-refractivity contribution in [2.75, 3.05) is 20.1 Å². The molecule has 2 unspecified atom stereocenters. The highest BCUT2D eigenvalue weighted by Gasteiger charge is 2.31. The minimum Gasteiger partial charge on any atom is -0.390 e. The fourth-order valence-corrected chi connectivity index (χ4v) is 1.85. The minimum atomic E-state index is -0.478. The van der Waals surface area contributed by atoms with E-state index in [4.69, 9.17) is 0 Å². The van der Waals surface area contributed by atoms with Crippen molar-refractivity contribution < 1.29 is 9.90 Å².